The van der Waals surface area contributed by atoms with Crippen molar-refractivity contribution in [3.63, 3.8) is 0 Å². The molecule has 10 nitrogen and oxygen atoms in total. The molecule has 0 saturated carbocycles. The number of ether oxygens (including phenoxy) is 2. The first kappa shape index (κ1) is 49.9. The highest BCUT2D eigenvalue weighted by molar-refractivity contribution is 7.47. The number of esters is 2. The van der Waals surface area contributed by atoms with Gasteiger partial charge in [-0.3, -0.25) is 18.6 Å². The summed E-state index contributed by atoms with van der Waals surface area (Å²) in [5.74, 6) is -0.962. The molecule has 0 bridgehead atoms. The van der Waals surface area contributed by atoms with Gasteiger partial charge in [0.2, 0.25) is 0 Å². The zero-order chi connectivity index (χ0) is 38.4. The van der Waals surface area contributed by atoms with E-state index in [1.165, 1.54) is 57.8 Å². The van der Waals surface area contributed by atoms with Crippen molar-refractivity contribution in [3.05, 3.63) is 48.6 Å². The van der Waals surface area contributed by atoms with E-state index >= 15 is 0 Å². The maximum atomic E-state index is 12.6. The van der Waals surface area contributed by atoms with Crippen molar-refractivity contribution < 1.29 is 47.8 Å². The van der Waals surface area contributed by atoms with E-state index in [0.717, 1.165) is 64.2 Å². The lowest BCUT2D eigenvalue weighted by Gasteiger charge is -2.20. The summed E-state index contributed by atoms with van der Waals surface area (Å²) in [6, 6.07) is 0. The monoisotopic (exact) mass is 756 g/mol. The van der Waals surface area contributed by atoms with Crippen LogP contribution >= 0.6 is 7.82 Å². The molecule has 0 aromatic rings. The van der Waals surface area contributed by atoms with Crippen molar-refractivity contribution in [3.8, 4) is 0 Å². The molecule has 0 aliphatic carbocycles. The summed E-state index contributed by atoms with van der Waals surface area (Å²) in [4.78, 5) is 34.9. The number of phosphoric ester groups is 1. The fourth-order valence-electron chi connectivity index (χ4n) is 5.10. The van der Waals surface area contributed by atoms with Crippen LogP contribution in [0, 0.1) is 0 Å². The molecule has 52 heavy (non-hydrogen) atoms. The SMILES string of the molecule is CCC/C=C/C/C=C/C/C=C/C/C=C/CCCCCC(=O)O[C@H](COC(=O)CCCCCCCCCCCCCC)COP(=O)(O)OC[C@@H](O)CO. The molecule has 0 saturated heterocycles. The molecule has 0 spiro atoms. The smallest absolute Gasteiger partial charge is 0.462 e. The minimum atomic E-state index is -4.62. The van der Waals surface area contributed by atoms with Crippen LogP contribution in [-0.2, 0) is 32.7 Å². The second kappa shape index (κ2) is 37.3. The number of carbonyl (C=O) groups is 2. The van der Waals surface area contributed by atoms with Crippen molar-refractivity contribution in [2.45, 2.75) is 174 Å². The number of allylic oxidation sites excluding steroid dienone is 8. The van der Waals surface area contributed by atoms with Crippen LogP contribution in [0.15, 0.2) is 48.6 Å². The summed E-state index contributed by atoms with van der Waals surface area (Å²) in [5, 5.41) is 18.3. The molecule has 3 atom stereocenters. The first-order chi connectivity index (χ1) is 25.2. The molecule has 0 radical (unpaired) electrons. The highest BCUT2D eigenvalue weighted by Gasteiger charge is 2.27. The summed E-state index contributed by atoms with van der Waals surface area (Å²) >= 11 is 0. The third-order valence-corrected chi connectivity index (χ3v) is 9.17. The predicted octanol–water partition coefficient (Wildman–Crippen LogP) is 10.2. The Bertz CT molecular complexity index is 1010. The molecule has 11 heteroatoms. The normalized spacial score (nSPS) is 14.5. The van der Waals surface area contributed by atoms with Crippen LogP contribution in [0.3, 0.4) is 0 Å². The lowest BCUT2D eigenvalue weighted by molar-refractivity contribution is -0.161. The van der Waals surface area contributed by atoms with E-state index in [9.17, 15) is 24.2 Å². The summed E-state index contributed by atoms with van der Waals surface area (Å²) in [6.07, 6.45) is 37.9. The van der Waals surface area contributed by atoms with E-state index in [1.807, 2.05) is 0 Å². The Labute approximate surface area is 315 Å². The maximum Gasteiger partial charge on any atom is 0.472 e. The first-order valence-corrected chi connectivity index (χ1v) is 21.6. The van der Waals surface area contributed by atoms with Gasteiger partial charge in [-0.25, -0.2) is 4.57 Å². The van der Waals surface area contributed by atoms with Crippen LogP contribution in [0.25, 0.3) is 0 Å². The van der Waals surface area contributed by atoms with Crippen molar-refractivity contribution in [1.82, 2.24) is 0 Å². The molecular formula is C41H73O10P. The summed E-state index contributed by atoms with van der Waals surface area (Å²) in [7, 11) is -4.62. The van der Waals surface area contributed by atoms with Crippen LogP contribution in [-0.4, -0.2) is 65.7 Å². The van der Waals surface area contributed by atoms with Gasteiger partial charge in [-0.2, -0.15) is 0 Å². The molecule has 0 aromatic heterocycles. The topological polar surface area (TPSA) is 149 Å². The van der Waals surface area contributed by atoms with Crippen LogP contribution in [0.4, 0.5) is 0 Å². The number of aliphatic hydroxyl groups is 2. The fourth-order valence-corrected chi connectivity index (χ4v) is 5.89. The Morgan fingerprint density at radius 3 is 1.58 bits per heavy atom. The van der Waals surface area contributed by atoms with E-state index in [-0.39, 0.29) is 19.4 Å². The maximum absolute atomic E-state index is 12.6. The van der Waals surface area contributed by atoms with Crippen molar-refractivity contribution in [2.24, 2.45) is 0 Å². The van der Waals surface area contributed by atoms with Gasteiger partial charge >= 0.3 is 19.8 Å². The molecule has 0 aliphatic rings. The molecule has 0 aliphatic heterocycles. The minimum absolute atomic E-state index is 0.146. The highest BCUT2D eigenvalue weighted by atomic mass is 31.2. The predicted molar refractivity (Wildman–Crippen MR) is 210 cm³/mol. The quantitative estimate of drug-likeness (QED) is 0.0242. The van der Waals surface area contributed by atoms with E-state index in [1.54, 1.807) is 0 Å². The van der Waals surface area contributed by atoms with E-state index in [4.69, 9.17) is 19.1 Å². The first-order valence-electron chi connectivity index (χ1n) is 20.1. The molecule has 0 aromatic carbocycles. The third kappa shape index (κ3) is 36.3. The Hall–Kier alpha value is -2.07. The standard InChI is InChI=1S/C41H73O10P/c1-3-5-7-9-11-13-15-17-18-19-20-21-23-25-27-29-31-33-41(45)51-39(37-50-52(46,47)49-35-38(43)34-42)36-48-40(44)32-30-28-26-24-22-16-14-12-10-8-6-4-2/h7,9,13,15,18-19,21,23,38-39,42-43H,3-6,8,10-12,14,16-17,20,22,24-37H2,1-2H3,(H,46,47)/b9-7+,15-13+,19-18+,23-21+/t38-,39+/m0/s1. The average Bonchev–Trinajstić information content (AvgIpc) is 3.13. The van der Waals surface area contributed by atoms with Crippen LogP contribution in [0.2, 0.25) is 0 Å². The molecular weight excluding hydrogens is 683 g/mol. The van der Waals surface area contributed by atoms with Crippen molar-refractivity contribution in [2.75, 3.05) is 26.4 Å². The van der Waals surface area contributed by atoms with Crippen LogP contribution < -0.4 is 0 Å². The number of rotatable bonds is 37. The second-order valence-corrected chi connectivity index (χ2v) is 14.8. The van der Waals surface area contributed by atoms with Crippen molar-refractivity contribution >= 4 is 19.8 Å². The molecule has 0 heterocycles. The minimum Gasteiger partial charge on any atom is -0.462 e. The van der Waals surface area contributed by atoms with Gasteiger partial charge in [-0.1, -0.05) is 146 Å². The molecule has 302 valence electrons. The molecule has 1 unspecified atom stereocenters. The number of phosphoric acid groups is 1. The van der Waals surface area contributed by atoms with Gasteiger partial charge < -0.3 is 24.6 Å². The van der Waals surface area contributed by atoms with Gasteiger partial charge in [-0.05, 0) is 51.4 Å². The summed E-state index contributed by atoms with van der Waals surface area (Å²) in [6.45, 7) is 2.26. The third-order valence-electron chi connectivity index (χ3n) is 8.22. The van der Waals surface area contributed by atoms with E-state index in [0.29, 0.717) is 12.8 Å². The van der Waals surface area contributed by atoms with Gasteiger partial charge in [0.25, 0.3) is 0 Å². The molecule has 0 fully saturated rings. The Morgan fingerprint density at radius 2 is 1.04 bits per heavy atom. The number of unbranched alkanes of at least 4 members (excludes halogenated alkanes) is 15. The number of carbonyl (C=O) groups excluding carboxylic acids is 2. The van der Waals surface area contributed by atoms with Crippen molar-refractivity contribution in [1.29, 1.82) is 0 Å². The van der Waals surface area contributed by atoms with E-state index in [2.05, 4.69) is 67.0 Å². The van der Waals surface area contributed by atoms with Crippen LogP contribution in [0.5, 0.6) is 0 Å². The summed E-state index contributed by atoms with van der Waals surface area (Å²) < 4.78 is 32.6. The molecule has 0 rings (SSSR count). The van der Waals surface area contributed by atoms with Gasteiger partial charge in [0.05, 0.1) is 19.8 Å². The zero-order valence-electron chi connectivity index (χ0n) is 32.5. The lowest BCUT2D eigenvalue weighted by atomic mass is 10.0. The van der Waals surface area contributed by atoms with Gasteiger partial charge in [0.15, 0.2) is 6.10 Å². The summed E-state index contributed by atoms with van der Waals surface area (Å²) in [5.41, 5.74) is 0. The Balaban J connectivity index is 4.41. The highest BCUT2D eigenvalue weighted by Crippen LogP contribution is 2.43. The van der Waals surface area contributed by atoms with Gasteiger partial charge in [0.1, 0.15) is 12.7 Å². The fraction of sp³-hybridized carbons (Fsp3) is 0.756. The largest absolute Gasteiger partial charge is 0.472 e. The molecule has 0 amide bonds. The number of hydrogen-bond donors (Lipinski definition) is 3. The Kier molecular flexibility index (Phi) is 35.8. The van der Waals surface area contributed by atoms with E-state index < -0.39 is 51.8 Å². The van der Waals surface area contributed by atoms with Gasteiger partial charge in [0, 0.05) is 12.8 Å². The lowest BCUT2D eigenvalue weighted by Crippen LogP contribution is -2.29. The van der Waals surface area contributed by atoms with Gasteiger partial charge in [-0.15, -0.1) is 0 Å². The average molecular weight is 757 g/mol. The number of hydrogen-bond acceptors (Lipinski definition) is 9. The van der Waals surface area contributed by atoms with Crippen LogP contribution in [0.1, 0.15) is 162 Å². The second-order valence-electron chi connectivity index (χ2n) is 13.3. The zero-order valence-corrected chi connectivity index (χ0v) is 33.4. The molecule has 3 N–H and O–H groups in total. The number of aliphatic hydroxyl groups excluding tert-OH is 2. The Morgan fingerprint density at radius 1 is 0.577 bits per heavy atom.